The van der Waals surface area contributed by atoms with E-state index in [4.69, 9.17) is 5.11 Å². The molecule has 98 valence electrons. The number of aliphatic hydroxyl groups is 1. The van der Waals surface area contributed by atoms with Crippen LogP contribution in [0.2, 0.25) is 0 Å². The summed E-state index contributed by atoms with van der Waals surface area (Å²) in [5, 5.41) is 28.6. The molecule has 0 spiro atoms. The van der Waals surface area contributed by atoms with Crippen LogP contribution in [0.5, 0.6) is 5.75 Å². The molecule has 0 heterocycles. The Labute approximate surface area is 109 Å². The zero-order valence-corrected chi connectivity index (χ0v) is 9.85. The lowest BCUT2D eigenvalue weighted by molar-refractivity contribution is -0.138. The van der Waals surface area contributed by atoms with Crippen LogP contribution in [-0.2, 0) is 4.79 Å². The first-order valence-corrected chi connectivity index (χ1v) is 5.61. The van der Waals surface area contributed by atoms with Crippen LogP contribution in [0.3, 0.4) is 0 Å². The van der Waals surface area contributed by atoms with Gasteiger partial charge in [-0.05, 0) is 24.3 Å². The highest BCUT2D eigenvalue weighted by molar-refractivity contribution is 6.07. The van der Waals surface area contributed by atoms with Crippen LogP contribution >= 0.6 is 0 Å². The van der Waals surface area contributed by atoms with Crippen molar-refractivity contribution in [3.05, 3.63) is 54.1 Å². The topological polar surface area (TPSA) is 94.8 Å². The van der Waals surface area contributed by atoms with Crippen molar-refractivity contribution < 1.29 is 24.9 Å². The van der Waals surface area contributed by atoms with Crippen LogP contribution in [0.1, 0.15) is 10.4 Å². The average Bonchev–Trinajstić information content (AvgIpc) is 2.39. The Kier molecular flexibility index (Phi) is 3.23. The van der Waals surface area contributed by atoms with Crippen LogP contribution in [0.15, 0.2) is 48.6 Å². The first kappa shape index (κ1) is 13.0. The maximum absolute atomic E-state index is 12.2. The van der Waals surface area contributed by atoms with E-state index in [0.717, 1.165) is 12.2 Å². The Morgan fingerprint density at radius 2 is 1.68 bits per heavy atom. The fourth-order valence-electron chi connectivity index (χ4n) is 1.82. The Morgan fingerprint density at radius 3 is 2.21 bits per heavy atom. The Hall–Kier alpha value is -2.40. The number of carboxylic acid groups (broad SMARTS) is 1. The molecule has 5 heteroatoms. The number of rotatable bonds is 3. The van der Waals surface area contributed by atoms with Crippen molar-refractivity contribution in [2.45, 2.75) is 5.60 Å². The monoisotopic (exact) mass is 260 g/mol. The van der Waals surface area contributed by atoms with Crippen molar-refractivity contribution in [1.29, 1.82) is 0 Å². The summed E-state index contributed by atoms with van der Waals surface area (Å²) in [6, 6.07) is 5.85. The Bertz CT molecular complexity index is 571. The van der Waals surface area contributed by atoms with Crippen molar-refractivity contribution in [2.24, 2.45) is 5.92 Å². The molecule has 0 amide bonds. The lowest BCUT2D eigenvalue weighted by Gasteiger charge is -2.23. The lowest BCUT2D eigenvalue weighted by Crippen LogP contribution is -2.36. The van der Waals surface area contributed by atoms with E-state index >= 15 is 0 Å². The van der Waals surface area contributed by atoms with Gasteiger partial charge in [0.25, 0.3) is 0 Å². The maximum Gasteiger partial charge on any atom is 0.314 e. The quantitative estimate of drug-likeness (QED) is 0.559. The summed E-state index contributed by atoms with van der Waals surface area (Å²) in [6.07, 6.45) is 4.72. The minimum atomic E-state index is -1.93. The molecule has 1 aliphatic rings. The number of benzene rings is 1. The number of aromatic hydroxyl groups is 1. The number of Topliss-reactive ketones (excluding diaryl/α,β-unsaturated/α-hetero) is 1. The predicted octanol–water partition coefficient (Wildman–Crippen LogP) is 1.13. The first-order valence-electron chi connectivity index (χ1n) is 5.61. The number of para-hydroxylation sites is 1. The minimum absolute atomic E-state index is 0.0203. The van der Waals surface area contributed by atoms with Crippen molar-refractivity contribution >= 4 is 11.8 Å². The SMILES string of the molecule is O=C(O)C1C=CC(O)(C(=O)c2ccccc2O)C=C1. The first-order chi connectivity index (χ1) is 8.94. The van der Waals surface area contributed by atoms with Crippen LogP contribution in [0.4, 0.5) is 0 Å². The van der Waals surface area contributed by atoms with E-state index < -0.39 is 23.3 Å². The summed E-state index contributed by atoms with van der Waals surface area (Å²) >= 11 is 0. The van der Waals surface area contributed by atoms with Gasteiger partial charge in [0.15, 0.2) is 5.60 Å². The second-order valence-electron chi connectivity index (χ2n) is 4.25. The van der Waals surface area contributed by atoms with Crippen molar-refractivity contribution in [3.8, 4) is 5.75 Å². The highest BCUT2D eigenvalue weighted by Crippen LogP contribution is 2.27. The maximum atomic E-state index is 12.2. The molecular formula is C14H12O5. The molecule has 0 aromatic heterocycles. The van der Waals surface area contributed by atoms with E-state index in [1.54, 1.807) is 12.1 Å². The normalized spacial score (nSPS) is 25.2. The van der Waals surface area contributed by atoms with Crippen LogP contribution in [-0.4, -0.2) is 32.7 Å². The number of carbonyl (C=O) groups excluding carboxylic acids is 1. The molecule has 0 radical (unpaired) electrons. The summed E-state index contributed by atoms with van der Waals surface area (Å²) in [4.78, 5) is 22.9. The number of aliphatic carboxylic acids is 1. The predicted molar refractivity (Wildman–Crippen MR) is 66.8 cm³/mol. The second kappa shape index (κ2) is 4.70. The number of phenols is 1. The number of carbonyl (C=O) groups is 2. The minimum Gasteiger partial charge on any atom is -0.507 e. The molecular weight excluding hydrogens is 248 g/mol. The number of hydrogen-bond acceptors (Lipinski definition) is 4. The molecule has 0 saturated heterocycles. The number of ketones is 1. The number of phenolic OH excluding ortho intramolecular Hbond substituents is 1. The summed E-state index contributed by atoms with van der Waals surface area (Å²) < 4.78 is 0. The smallest absolute Gasteiger partial charge is 0.314 e. The van der Waals surface area contributed by atoms with Gasteiger partial charge in [0.2, 0.25) is 5.78 Å². The van der Waals surface area contributed by atoms with Gasteiger partial charge in [-0.1, -0.05) is 24.3 Å². The van der Waals surface area contributed by atoms with E-state index in [2.05, 4.69) is 0 Å². The molecule has 0 bridgehead atoms. The van der Waals surface area contributed by atoms with E-state index in [9.17, 15) is 19.8 Å². The van der Waals surface area contributed by atoms with Gasteiger partial charge in [-0.15, -0.1) is 0 Å². The third-order valence-electron chi connectivity index (χ3n) is 2.91. The summed E-state index contributed by atoms with van der Waals surface area (Å²) in [5.41, 5.74) is -1.95. The molecule has 1 aromatic rings. The van der Waals surface area contributed by atoms with Gasteiger partial charge in [-0.2, -0.15) is 0 Å². The molecule has 0 unspecified atom stereocenters. The largest absolute Gasteiger partial charge is 0.507 e. The van der Waals surface area contributed by atoms with Crippen LogP contribution < -0.4 is 0 Å². The van der Waals surface area contributed by atoms with E-state index in [-0.39, 0.29) is 11.3 Å². The van der Waals surface area contributed by atoms with Gasteiger partial charge in [0, 0.05) is 0 Å². The fourth-order valence-corrected chi connectivity index (χ4v) is 1.82. The molecule has 1 aromatic carbocycles. The Balaban J connectivity index is 2.31. The molecule has 0 aliphatic heterocycles. The van der Waals surface area contributed by atoms with Gasteiger partial charge >= 0.3 is 5.97 Å². The van der Waals surface area contributed by atoms with Crippen LogP contribution in [0.25, 0.3) is 0 Å². The summed E-state index contributed by atoms with van der Waals surface area (Å²) in [6.45, 7) is 0. The molecule has 5 nitrogen and oxygen atoms in total. The highest BCUT2D eigenvalue weighted by atomic mass is 16.4. The van der Waals surface area contributed by atoms with Gasteiger partial charge in [0.05, 0.1) is 11.5 Å². The Morgan fingerprint density at radius 1 is 1.11 bits per heavy atom. The average molecular weight is 260 g/mol. The van der Waals surface area contributed by atoms with Crippen LogP contribution in [0, 0.1) is 5.92 Å². The van der Waals surface area contributed by atoms with E-state index in [0.29, 0.717) is 0 Å². The third-order valence-corrected chi connectivity index (χ3v) is 2.91. The lowest BCUT2D eigenvalue weighted by atomic mass is 9.86. The molecule has 1 aliphatic carbocycles. The van der Waals surface area contributed by atoms with Crippen molar-refractivity contribution in [2.75, 3.05) is 0 Å². The molecule has 0 saturated carbocycles. The van der Waals surface area contributed by atoms with Gasteiger partial charge in [-0.25, -0.2) is 0 Å². The molecule has 0 fully saturated rings. The molecule has 2 rings (SSSR count). The third kappa shape index (κ3) is 2.41. The second-order valence-corrected chi connectivity index (χ2v) is 4.25. The van der Waals surface area contributed by atoms with E-state index in [1.165, 1.54) is 24.3 Å². The van der Waals surface area contributed by atoms with Gasteiger partial charge in [-0.3, -0.25) is 9.59 Å². The van der Waals surface area contributed by atoms with E-state index in [1.807, 2.05) is 0 Å². The summed E-state index contributed by atoms with van der Waals surface area (Å²) in [5.74, 6) is -2.87. The summed E-state index contributed by atoms with van der Waals surface area (Å²) in [7, 11) is 0. The van der Waals surface area contributed by atoms with Crippen molar-refractivity contribution in [1.82, 2.24) is 0 Å². The fraction of sp³-hybridized carbons (Fsp3) is 0.143. The number of hydrogen-bond donors (Lipinski definition) is 3. The molecule has 3 N–H and O–H groups in total. The van der Waals surface area contributed by atoms with Crippen molar-refractivity contribution in [3.63, 3.8) is 0 Å². The standard InChI is InChI=1S/C14H12O5/c15-11-4-2-1-3-10(11)12(16)14(19)7-5-9(6-8-14)13(17)18/h1-9,15,19H,(H,17,18). The highest BCUT2D eigenvalue weighted by Gasteiger charge is 2.35. The van der Waals surface area contributed by atoms with Gasteiger partial charge < -0.3 is 15.3 Å². The van der Waals surface area contributed by atoms with Gasteiger partial charge in [0.1, 0.15) is 5.75 Å². The molecule has 0 atom stereocenters. The zero-order valence-electron chi connectivity index (χ0n) is 9.85. The zero-order chi connectivity index (χ0) is 14.0. The molecule has 19 heavy (non-hydrogen) atoms. The number of carboxylic acids is 1.